The first-order valence-electron chi connectivity index (χ1n) is 9.83. The number of benzene rings is 3. The zero-order valence-corrected chi connectivity index (χ0v) is 19.4. The van der Waals surface area contributed by atoms with E-state index in [0.29, 0.717) is 27.5 Å². The molecule has 0 saturated carbocycles. The van der Waals surface area contributed by atoms with E-state index in [4.69, 9.17) is 4.74 Å². The van der Waals surface area contributed by atoms with E-state index in [1.165, 1.54) is 43.0 Å². The summed E-state index contributed by atoms with van der Waals surface area (Å²) in [6, 6.07) is 20.5. The highest BCUT2D eigenvalue weighted by molar-refractivity contribution is 7.99. The third kappa shape index (κ3) is 5.41. The number of aromatic nitrogens is 2. The maximum atomic E-state index is 13.1. The molecule has 1 aromatic heterocycles. The Labute approximate surface area is 195 Å². The Hall–Kier alpha value is -3.63. The van der Waals surface area contributed by atoms with Crippen LogP contribution in [0, 0.1) is 0 Å². The Morgan fingerprint density at radius 1 is 0.909 bits per heavy atom. The maximum Gasteiger partial charge on any atom is 0.263 e. The molecule has 1 heterocycles. The molecule has 0 radical (unpaired) electrons. The van der Waals surface area contributed by atoms with Gasteiger partial charge in [0.15, 0.2) is 5.82 Å². The lowest BCUT2D eigenvalue weighted by Gasteiger charge is -2.13. The van der Waals surface area contributed by atoms with Crippen molar-refractivity contribution in [2.45, 2.75) is 21.7 Å². The Bertz CT molecular complexity index is 1410. The second-order valence-electron chi connectivity index (χ2n) is 6.95. The molecule has 3 aromatic carbocycles. The van der Waals surface area contributed by atoms with Gasteiger partial charge in [-0.2, -0.15) is 0 Å². The third-order valence-electron chi connectivity index (χ3n) is 4.53. The van der Waals surface area contributed by atoms with Gasteiger partial charge in [0.25, 0.3) is 10.0 Å². The fourth-order valence-corrected chi connectivity index (χ4v) is 4.89. The minimum absolute atomic E-state index is 0.0342. The van der Waals surface area contributed by atoms with Gasteiger partial charge in [0, 0.05) is 17.5 Å². The number of rotatable bonds is 7. The summed E-state index contributed by atoms with van der Waals surface area (Å²) in [5.41, 5.74) is 1.72. The number of hydrogen-bond acceptors (Lipinski definition) is 7. The number of ether oxygens (including phenoxy) is 1. The minimum atomic E-state index is -3.95. The van der Waals surface area contributed by atoms with Crippen LogP contribution in [0.3, 0.4) is 0 Å². The number of fused-ring (bicyclic) bond motifs is 1. The zero-order valence-electron chi connectivity index (χ0n) is 17.8. The van der Waals surface area contributed by atoms with Gasteiger partial charge in [-0.05, 0) is 60.7 Å². The predicted molar refractivity (Wildman–Crippen MR) is 128 cm³/mol. The Morgan fingerprint density at radius 3 is 2.15 bits per heavy atom. The van der Waals surface area contributed by atoms with Crippen molar-refractivity contribution in [1.82, 2.24) is 9.97 Å². The molecule has 0 bridgehead atoms. The van der Waals surface area contributed by atoms with Crippen molar-refractivity contribution >= 4 is 50.2 Å². The molecule has 0 aliphatic carbocycles. The van der Waals surface area contributed by atoms with E-state index in [0.717, 1.165) is 4.90 Å². The molecule has 0 aliphatic heterocycles. The number of anilines is 2. The van der Waals surface area contributed by atoms with Crippen LogP contribution in [-0.4, -0.2) is 31.4 Å². The van der Waals surface area contributed by atoms with Crippen molar-refractivity contribution in [3.63, 3.8) is 0 Å². The molecular formula is C23H20N4O4S2. The number of para-hydroxylation sites is 2. The summed E-state index contributed by atoms with van der Waals surface area (Å²) < 4.78 is 33.9. The van der Waals surface area contributed by atoms with Crippen LogP contribution >= 0.6 is 11.8 Å². The maximum absolute atomic E-state index is 13.1. The van der Waals surface area contributed by atoms with Crippen LogP contribution in [0.1, 0.15) is 6.92 Å². The molecule has 0 atom stereocenters. The lowest BCUT2D eigenvalue weighted by atomic mass is 10.3. The highest BCUT2D eigenvalue weighted by Gasteiger charge is 2.19. The standard InChI is InChI=1S/C23H20N4O4S2/c1-15(28)24-16-7-13-19(14-8-16)33(29,30)27-22-23(26-21-6-4-3-5-20(21)25-22)32-18-11-9-17(31-2)10-12-18/h3-14H,1-2H3,(H,24,28)(H,25,27). The number of carbonyl (C=O) groups is 1. The first-order valence-corrected chi connectivity index (χ1v) is 12.1. The summed E-state index contributed by atoms with van der Waals surface area (Å²) in [5, 5.41) is 3.02. The summed E-state index contributed by atoms with van der Waals surface area (Å²) >= 11 is 1.29. The molecule has 10 heteroatoms. The van der Waals surface area contributed by atoms with Crippen LogP contribution in [0.2, 0.25) is 0 Å². The number of nitrogens with zero attached hydrogens (tertiary/aromatic N) is 2. The van der Waals surface area contributed by atoms with E-state index in [-0.39, 0.29) is 16.6 Å². The molecule has 8 nitrogen and oxygen atoms in total. The molecule has 0 fully saturated rings. The molecule has 33 heavy (non-hydrogen) atoms. The van der Waals surface area contributed by atoms with Crippen molar-refractivity contribution in [1.29, 1.82) is 0 Å². The predicted octanol–water partition coefficient (Wildman–Crippen LogP) is 4.55. The van der Waals surface area contributed by atoms with Crippen LogP contribution < -0.4 is 14.8 Å². The molecule has 0 saturated heterocycles. The number of hydrogen-bond donors (Lipinski definition) is 2. The molecular weight excluding hydrogens is 460 g/mol. The highest BCUT2D eigenvalue weighted by atomic mass is 32.2. The molecule has 0 aliphatic rings. The molecule has 0 unspecified atom stereocenters. The van der Waals surface area contributed by atoms with Gasteiger partial charge in [-0.3, -0.25) is 9.52 Å². The topological polar surface area (TPSA) is 110 Å². The van der Waals surface area contributed by atoms with Crippen molar-refractivity contribution < 1.29 is 17.9 Å². The molecule has 1 amide bonds. The summed E-state index contributed by atoms with van der Waals surface area (Å²) in [6.07, 6.45) is 0. The second kappa shape index (κ2) is 9.47. The average molecular weight is 481 g/mol. The van der Waals surface area contributed by atoms with E-state index in [1.54, 1.807) is 13.2 Å². The van der Waals surface area contributed by atoms with Gasteiger partial charge < -0.3 is 10.1 Å². The van der Waals surface area contributed by atoms with Crippen LogP contribution in [0.5, 0.6) is 5.75 Å². The largest absolute Gasteiger partial charge is 0.497 e. The molecule has 168 valence electrons. The van der Waals surface area contributed by atoms with Crippen molar-refractivity contribution in [3.8, 4) is 5.75 Å². The zero-order chi connectivity index (χ0) is 23.4. The minimum Gasteiger partial charge on any atom is -0.497 e. The van der Waals surface area contributed by atoms with Crippen LogP contribution in [0.15, 0.2) is 87.6 Å². The lowest BCUT2D eigenvalue weighted by Crippen LogP contribution is -2.15. The second-order valence-corrected chi connectivity index (χ2v) is 9.70. The van der Waals surface area contributed by atoms with Crippen LogP contribution in [0.25, 0.3) is 11.0 Å². The Kier molecular flexibility index (Phi) is 6.47. The van der Waals surface area contributed by atoms with E-state index >= 15 is 0 Å². The van der Waals surface area contributed by atoms with E-state index in [2.05, 4.69) is 20.0 Å². The summed E-state index contributed by atoms with van der Waals surface area (Å²) in [5.74, 6) is 0.600. The quantitative estimate of drug-likeness (QED) is 0.399. The highest BCUT2D eigenvalue weighted by Crippen LogP contribution is 2.34. The Morgan fingerprint density at radius 2 is 1.55 bits per heavy atom. The van der Waals surface area contributed by atoms with Crippen molar-refractivity contribution in [3.05, 3.63) is 72.8 Å². The fourth-order valence-electron chi connectivity index (χ4n) is 2.98. The molecule has 4 aromatic rings. The van der Waals surface area contributed by atoms with Gasteiger partial charge >= 0.3 is 0 Å². The number of methoxy groups -OCH3 is 1. The Balaban J connectivity index is 1.69. The normalized spacial score (nSPS) is 11.2. The monoisotopic (exact) mass is 480 g/mol. The van der Waals surface area contributed by atoms with Gasteiger partial charge in [-0.15, -0.1) is 0 Å². The van der Waals surface area contributed by atoms with Gasteiger partial charge in [0.2, 0.25) is 5.91 Å². The summed E-state index contributed by atoms with van der Waals surface area (Å²) in [6.45, 7) is 1.38. The number of nitrogens with one attached hydrogen (secondary N) is 2. The molecule has 4 rings (SSSR count). The van der Waals surface area contributed by atoms with E-state index in [1.807, 2.05) is 42.5 Å². The van der Waals surface area contributed by atoms with Crippen molar-refractivity contribution in [2.75, 3.05) is 17.1 Å². The van der Waals surface area contributed by atoms with E-state index in [9.17, 15) is 13.2 Å². The van der Waals surface area contributed by atoms with E-state index < -0.39 is 10.0 Å². The number of carbonyl (C=O) groups excluding carboxylic acids is 1. The van der Waals surface area contributed by atoms with Gasteiger partial charge in [0.1, 0.15) is 10.8 Å². The first-order chi connectivity index (χ1) is 15.8. The van der Waals surface area contributed by atoms with Gasteiger partial charge in [-0.1, -0.05) is 23.9 Å². The SMILES string of the molecule is COc1ccc(Sc2nc3ccccc3nc2NS(=O)(=O)c2ccc(NC(C)=O)cc2)cc1. The van der Waals surface area contributed by atoms with Crippen LogP contribution in [0.4, 0.5) is 11.5 Å². The summed E-state index contributed by atoms with van der Waals surface area (Å²) in [4.78, 5) is 21.2. The number of sulfonamides is 1. The number of amides is 1. The smallest absolute Gasteiger partial charge is 0.263 e. The van der Waals surface area contributed by atoms with Crippen LogP contribution in [-0.2, 0) is 14.8 Å². The summed E-state index contributed by atoms with van der Waals surface area (Å²) in [7, 11) is -2.36. The van der Waals surface area contributed by atoms with Gasteiger partial charge in [0.05, 0.1) is 23.0 Å². The lowest BCUT2D eigenvalue weighted by molar-refractivity contribution is -0.114. The van der Waals surface area contributed by atoms with Crippen molar-refractivity contribution in [2.24, 2.45) is 0 Å². The average Bonchev–Trinajstić information content (AvgIpc) is 2.80. The third-order valence-corrected chi connectivity index (χ3v) is 6.87. The molecule has 0 spiro atoms. The fraction of sp³-hybridized carbons (Fsp3) is 0.0870. The van der Waals surface area contributed by atoms with Gasteiger partial charge in [-0.25, -0.2) is 18.4 Å². The molecule has 2 N–H and O–H groups in total. The first kappa shape index (κ1) is 22.6.